The molecule has 4 aromatic rings. The highest BCUT2D eigenvalue weighted by atomic mass is 16.5. The lowest BCUT2D eigenvalue weighted by molar-refractivity contribution is 0.0935. The molecule has 2 N–H and O–H groups in total. The third kappa shape index (κ3) is 3.32. The number of methoxy groups -OCH3 is 1. The van der Waals surface area contributed by atoms with Crippen molar-refractivity contribution in [3.63, 3.8) is 0 Å². The summed E-state index contributed by atoms with van der Waals surface area (Å²) in [6.07, 6.45) is 2.41. The molecule has 0 radical (unpaired) electrons. The van der Waals surface area contributed by atoms with Gasteiger partial charge in [-0.3, -0.25) is 9.89 Å². The molecule has 0 bridgehead atoms. The van der Waals surface area contributed by atoms with Gasteiger partial charge in [-0.05, 0) is 36.8 Å². The lowest BCUT2D eigenvalue weighted by Gasteiger charge is -2.17. The Morgan fingerprint density at radius 3 is 3.07 bits per heavy atom. The predicted molar refractivity (Wildman–Crippen MR) is 109 cm³/mol. The number of hydrogen-bond acceptors (Lipinski definition) is 7. The molecule has 30 heavy (non-hydrogen) atoms. The van der Waals surface area contributed by atoms with E-state index in [9.17, 15) is 4.79 Å². The maximum atomic E-state index is 12.7. The van der Waals surface area contributed by atoms with Crippen LogP contribution < -0.4 is 15.0 Å². The van der Waals surface area contributed by atoms with Crippen LogP contribution in [0, 0.1) is 0 Å². The van der Waals surface area contributed by atoms with E-state index in [0.717, 1.165) is 24.3 Å². The largest absolute Gasteiger partial charge is 0.496 e. The lowest BCUT2D eigenvalue weighted by Crippen LogP contribution is -2.37. The number of benzene rings is 1. The van der Waals surface area contributed by atoms with Gasteiger partial charge in [0, 0.05) is 24.7 Å². The Bertz CT molecular complexity index is 1200. The number of anilines is 1. The summed E-state index contributed by atoms with van der Waals surface area (Å²) in [6.45, 7) is 1.49. The number of carbonyl (C=O) groups excluding carboxylic acids is 1. The summed E-state index contributed by atoms with van der Waals surface area (Å²) in [7, 11) is 1.61. The topological polar surface area (TPSA) is 113 Å². The van der Waals surface area contributed by atoms with Crippen molar-refractivity contribution in [1.82, 2.24) is 35.3 Å². The van der Waals surface area contributed by atoms with E-state index in [0.29, 0.717) is 29.3 Å². The molecule has 10 nitrogen and oxygen atoms in total. The Morgan fingerprint density at radius 1 is 1.27 bits per heavy atom. The van der Waals surface area contributed by atoms with Gasteiger partial charge < -0.3 is 15.0 Å². The van der Waals surface area contributed by atoms with Crippen molar-refractivity contribution >= 4 is 17.4 Å². The number of aromatic nitrogens is 6. The molecule has 3 aromatic heterocycles. The standard InChI is InChI=1S/C20H20N8O2/c1-30-17-5-3-2-4-14(17)15-10-16(24-23-15)20(29)22-13-8-9-27(11-13)19-7-6-18-25-21-12-28(18)26-19/h2-7,10,12-13H,8-9,11H2,1H3,(H,22,29)(H,23,24)/t13-/m1/s1. The van der Waals surface area contributed by atoms with Crippen LogP contribution in [-0.4, -0.2) is 62.2 Å². The van der Waals surface area contributed by atoms with Crippen molar-refractivity contribution in [2.24, 2.45) is 0 Å². The van der Waals surface area contributed by atoms with Crippen molar-refractivity contribution in [1.29, 1.82) is 0 Å². The minimum atomic E-state index is -0.183. The van der Waals surface area contributed by atoms with Gasteiger partial charge in [0.15, 0.2) is 5.65 Å². The van der Waals surface area contributed by atoms with Crippen LogP contribution in [0.2, 0.25) is 0 Å². The van der Waals surface area contributed by atoms with E-state index in [1.165, 1.54) is 0 Å². The Balaban J connectivity index is 1.25. The van der Waals surface area contributed by atoms with Gasteiger partial charge in [0.05, 0.1) is 12.8 Å². The van der Waals surface area contributed by atoms with Crippen LogP contribution in [0.5, 0.6) is 5.75 Å². The Hall–Kier alpha value is -3.95. The number of para-hydroxylation sites is 1. The molecule has 0 spiro atoms. The van der Waals surface area contributed by atoms with Gasteiger partial charge in [-0.15, -0.1) is 15.3 Å². The molecular formula is C20H20N8O2. The molecule has 1 aromatic carbocycles. The van der Waals surface area contributed by atoms with Gasteiger partial charge in [-0.2, -0.15) is 9.61 Å². The van der Waals surface area contributed by atoms with E-state index in [1.54, 1.807) is 24.0 Å². The van der Waals surface area contributed by atoms with Gasteiger partial charge in [0.2, 0.25) is 0 Å². The quantitative estimate of drug-likeness (QED) is 0.519. The molecule has 1 fully saturated rings. The van der Waals surface area contributed by atoms with E-state index in [1.807, 2.05) is 36.4 Å². The smallest absolute Gasteiger partial charge is 0.269 e. The average molecular weight is 404 g/mol. The fourth-order valence-corrected chi connectivity index (χ4v) is 3.67. The number of hydrogen-bond donors (Lipinski definition) is 2. The number of aromatic amines is 1. The highest BCUT2D eigenvalue weighted by Crippen LogP contribution is 2.28. The van der Waals surface area contributed by atoms with Crippen molar-refractivity contribution in [2.75, 3.05) is 25.1 Å². The SMILES string of the molecule is COc1ccccc1-c1cc(C(=O)N[C@@H]2CCN(c3ccc4nncn4n3)C2)[nH]n1. The third-order valence-electron chi connectivity index (χ3n) is 5.20. The van der Waals surface area contributed by atoms with Gasteiger partial charge in [-0.25, -0.2) is 0 Å². The van der Waals surface area contributed by atoms with Crippen molar-refractivity contribution in [3.8, 4) is 17.0 Å². The highest BCUT2D eigenvalue weighted by molar-refractivity contribution is 5.93. The van der Waals surface area contributed by atoms with Crippen LogP contribution in [0.3, 0.4) is 0 Å². The zero-order chi connectivity index (χ0) is 20.5. The number of amides is 1. The summed E-state index contributed by atoms with van der Waals surface area (Å²) in [5.41, 5.74) is 2.61. The van der Waals surface area contributed by atoms with Gasteiger partial charge in [0.25, 0.3) is 5.91 Å². The molecule has 1 aliphatic rings. The maximum absolute atomic E-state index is 12.7. The molecule has 1 atom stereocenters. The minimum Gasteiger partial charge on any atom is -0.496 e. The van der Waals surface area contributed by atoms with Crippen molar-refractivity contribution < 1.29 is 9.53 Å². The van der Waals surface area contributed by atoms with Gasteiger partial charge >= 0.3 is 0 Å². The summed E-state index contributed by atoms with van der Waals surface area (Å²) < 4.78 is 7.02. The van der Waals surface area contributed by atoms with E-state index >= 15 is 0 Å². The zero-order valence-corrected chi connectivity index (χ0v) is 16.3. The summed E-state index contributed by atoms with van der Waals surface area (Å²) in [4.78, 5) is 14.9. The number of rotatable bonds is 5. The van der Waals surface area contributed by atoms with E-state index in [4.69, 9.17) is 4.74 Å². The summed E-state index contributed by atoms with van der Waals surface area (Å²) in [5, 5.41) is 22.5. The molecule has 152 valence electrons. The normalized spacial score (nSPS) is 16.2. The molecule has 0 unspecified atom stereocenters. The molecule has 0 aliphatic carbocycles. The second-order valence-corrected chi connectivity index (χ2v) is 7.10. The van der Waals surface area contributed by atoms with Gasteiger partial charge in [-0.1, -0.05) is 12.1 Å². The highest BCUT2D eigenvalue weighted by Gasteiger charge is 2.26. The lowest BCUT2D eigenvalue weighted by atomic mass is 10.1. The number of ether oxygens (including phenoxy) is 1. The second-order valence-electron chi connectivity index (χ2n) is 7.10. The van der Waals surface area contributed by atoms with Crippen LogP contribution in [0.1, 0.15) is 16.9 Å². The van der Waals surface area contributed by atoms with Crippen LogP contribution in [-0.2, 0) is 0 Å². The zero-order valence-electron chi connectivity index (χ0n) is 16.3. The summed E-state index contributed by atoms with van der Waals surface area (Å²) in [5.74, 6) is 1.36. The first-order chi connectivity index (χ1) is 14.7. The third-order valence-corrected chi connectivity index (χ3v) is 5.20. The van der Waals surface area contributed by atoms with Crippen molar-refractivity contribution in [3.05, 3.63) is 54.5 Å². The van der Waals surface area contributed by atoms with Crippen LogP contribution >= 0.6 is 0 Å². The van der Waals surface area contributed by atoms with E-state index in [-0.39, 0.29) is 11.9 Å². The molecular weight excluding hydrogens is 384 g/mol. The Labute approximate surface area is 171 Å². The van der Waals surface area contributed by atoms with Crippen LogP contribution in [0.25, 0.3) is 16.9 Å². The molecule has 1 saturated heterocycles. The predicted octanol–water partition coefficient (Wildman–Crippen LogP) is 1.53. The molecule has 1 aliphatic heterocycles. The molecule has 4 heterocycles. The fourth-order valence-electron chi connectivity index (χ4n) is 3.67. The molecule has 5 rings (SSSR count). The van der Waals surface area contributed by atoms with Crippen LogP contribution in [0.4, 0.5) is 5.82 Å². The number of fused-ring (bicyclic) bond motifs is 1. The fraction of sp³-hybridized carbons (Fsp3) is 0.250. The Kier molecular flexibility index (Phi) is 4.51. The van der Waals surface area contributed by atoms with E-state index < -0.39 is 0 Å². The second kappa shape index (κ2) is 7.47. The van der Waals surface area contributed by atoms with Gasteiger partial charge in [0.1, 0.15) is 23.6 Å². The Morgan fingerprint density at radius 2 is 2.17 bits per heavy atom. The molecule has 0 saturated carbocycles. The maximum Gasteiger partial charge on any atom is 0.269 e. The first-order valence-corrected chi connectivity index (χ1v) is 9.63. The number of nitrogens with one attached hydrogen (secondary N) is 2. The summed E-state index contributed by atoms with van der Waals surface area (Å²) in [6, 6.07) is 13.1. The van der Waals surface area contributed by atoms with E-state index in [2.05, 4.69) is 35.7 Å². The van der Waals surface area contributed by atoms with Crippen molar-refractivity contribution in [2.45, 2.75) is 12.5 Å². The number of H-pyrrole nitrogens is 1. The average Bonchev–Trinajstić information content (AvgIpc) is 3.53. The molecule has 1 amide bonds. The minimum absolute atomic E-state index is 0.0221. The number of nitrogens with zero attached hydrogens (tertiary/aromatic N) is 6. The first kappa shape index (κ1) is 18.1. The van der Waals surface area contributed by atoms with Crippen LogP contribution in [0.15, 0.2) is 48.8 Å². The number of carbonyl (C=O) groups is 1. The first-order valence-electron chi connectivity index (χ1n) is 9.63. The monoisotopic (exact) mass is 404 g/mol. The molecule has 10 heteroatoms. The summed E-state index contributed by atoms with van der Waals surface area (Å²) >= 11 is 0.